The van der Waals surface area contributed by atoms with Gasteiger partial charge in [0.25, 0.3) is 0 Å². The summed E-state index contributed by atoms with van der Waals surface area (Å²) in [5.41, 5.74) is 1.17. The lowest BCUT2D eigenvalue weighted by atomic mass is 10.0. The third-order valence-corrected chi connectivity index (χ3v) is 3.66. The molecular weight excluding hydrogens is 224 g/mol. The smallest absolute Gasteiger partial charge is 0.119 e. The Morgan fingerprint density at radius 3 is 3.11 bits per heavy atom. The molecule has 3 rings (SSSR count). The zero-order chi connectivity index (χ0) is 12.4. The summed E-state index contributed by atoms with van der Waals surface area (Å²) < 4.78 is 5.30. The van der Waals surface area contributed by atoms with E-state index < -0.39 is 0 Å². The highest BCUT2D eigenvalue weighted by Crippen LogP contribution is 2.24. The topological polar surface area (TPSA) is 34.1 Å². The molecule has 1 N–H and O–H groups in total. The van der Waals surface area contributed by atoms with Crippen molar-refractivity contribution in [1.82, 2.24) is 10.3 Å². The van der Waals surface area contributed by atoms with E-state index in [4.69, 9.17) is 4.74 Å². The van der Waals surface area contributed by atoms with Crippen LogP contribution >= 0.6 is 0 Å². The molecule has 1 aliphatic rings. The molecule has 1 unspecified atom stereocenters. The molecule has 0 radical (unpaired) electrons. The van der Waals surface area contributed by atoms with Crippen LogP contribution in [0, 0.1) is 0 Å². The van der Waals surface area contributed by atoms with E-state index in [2.05, 4.69) is 28.5 Å². The van der Waals surface area contributed by atoms with Crippen molar-refractivity contribution in [3.05, 3.63) is 36.2 Å². The zero-order valence-corrected chi connectivity index (χ0v) is 10.6. The fraction of sp³-hybridized carbons (Fsp3) is 0.400. The van der Waals surface area contributed by atoms with Crippen LogP contribution in [-0.2, 0) is 6.42 Å². The fourth-order valence-electron chi connectivity index (χ4n) is 2.66. The molecule has 1 fully saturated rings. The van der Waals surface area contributed by atoms with Crippen LogP contribution in [0.3, 0.4) is 0 Å². The lowest BCUT2D eigenvalue weighted by Gasteiger charge is -2.12. The first kappa shape index (κ1) is 11.5. The van der Waals surface area contributed by atoms with Crippen molar-refractivity contribution in [1.29, 1.82) is 0 Å². The number of hydrogen-bond acceptors (Lipinski definition) is 3. The van der Waals surface area contributed by atoms with E-state index in [1.54, 1.807) is 7.11 Å². The van der Waals surface area contributed by atoms with E-state index in [9.17, 15) is 0 Å². The van der Waals surface area contributed by atoms with Gasteiger partial charge in [-0.3, -0.25) is 4.98 Å². The number of rotatable bonds is 3. The molecule has 0 saturated carbocycles. The van der Waals surface area contributed by atoms with Crippen molar-refractivity contribution in [2.75, 3.05) is 13.7 Å². The molecule has 94 valence electrons. The quantitative estimate of drug-likeness (QED) is 0.898. The van der Waals surface area contributed by atoms with Gasteiger partial charge < -0.3 is 10.1 Å². The molecule has 2 heterocycles. The standard InChI is InChI=1S/C15H18N2O/c1-18-13-5-4-11-6-8-17-15(14(11)10-13)9-12-3-2-7-16-12/h4-6,8,10,12,16H,2-3,7,9H2,1H3. The number of nitrogens with one attached hydrogen (secondary N) is 1. The van der Waals surface area contributed by atoms with E-state index in [-0.39, 0.29) is 0 Å². The lowest BCUT2D eigenvalue weighted by Crippen LogP contribution is -2.24. The summed E-state index contributed by atoms with van der Waals surface area (Å²) in [6.45, 7) is 1.14. The molecule has 0 bridgehead atoms. The van der Waals surface area contributed by atoms with Crippen molar-refractivity contribution in [3.8, 4) is 5.75 Å². The summed E-state index contributed by atoms with van der Waals surface area (Å²) in [6, 6.07) is 8.82. The molecule has 1 atom stereocenters. The highest BCUT2D eigenvalue weighted by Gasteiger charge is 2.16. The fourth-order valence-corrected chi connectivity index (χ4v) is 2.66. The number of benzene rings is 1. The highest BCUT2D eigenvalue weighted by atomic mass is 16.5. The minimum Gasteiger partial charge on any atom is -0.497 e. The van der Waals surface area contributed by atoms with E-state index >= 15 is 0 Å². The third-order valence-electron chi connectivity index (χ3n) is 3.66. The highest BCUT2D eigenvalue weighted by molar-refractivity contribution is 5.85. The number of pyridine rings is 1. The van der Waals surface area contributed by atoms with E-state index in [1.807, 2.05) is 12.3 Å². The summed E-state index contributed by atoms with van der Waals surface area (Å²) in [5, 5.41) is 5.98. The average Bonchev–Trinajstić information content (AvgIpc) is 2.91. The first-order valence-electron chi connectivity index (χ1n) is 6.52. The molecule has 1 saturated heterocycles. The lowest BCUT2D eigenvalue weighted by molar-refractivity contribution is 0.415. The van der Waals surface area contributed by atoms with Crippen LogP contribution in [0.5, 0.6) is 5.75 Å². The summed E-state index contributed by atoms with van der Waals surface area (Å²) in [7, 11) is 1.70. The van der Waals surface area contributed by atoms with Crippen LogP contribution in [0.25, 0.3) is 10.8 Å². The maximum absolute atomic E-state index is 5.30. The van der Waals surface area contributed by atoms with Crippen LogP contribution in [0.15, 0.2) is 30.5 Å². The molecule has 1 aromatic carbocycles. The van der Waals surface area contributed by atoms with Crippen molar-refractivity contribution in [2.24, 2.45) is 0 Å². The van der Waals surface area contributed by atoms with Crippen LogP contribution in [-0.4, -0.2) is 24.7 Å². The van der Waals surface area contributed by atoms with E-state index in [0.717, 1.165) is 18.7 Å². The summed E-state index contributed by atoms with van der Waals surface area (Å²) in [5.74, 6) is 0.899. The Bertz CT molecular complexity index is 547. The monoisotopic (exact) mass is 242 g/mol. The minimum absolute atomic E-state index is 0.578. The second-order valence-corrected chi connectivity index (χ2v) is 4.84. The number of ether oxygens (including phenoxy) is 1. The molecule has 0 spiro atoms. The maximum atomic E-state index is 5.30. The van der Waals surface area contributed by atoms with Crippen molar-refractivity contribution < 1.29 is 4.74 Å². The number of fused-ring (bicyclic) bond motifs is 1. The second kappa shape index (κ2) is 4.94. The van der Waals surface area contributed by atoms with Gasteiger partial charge in [-0.15, -0.1) is 0 Å². The first-order chi connectivity index (χ1) is 8.86. The minimum atomic E-state index is 0.578. The molecule has 0 aliphatic carbocycles. The van der Waals surface area contributed by atoms with Gasteiger partial charge in [0.15, 0.2) is 0 Å². The van der Waals surface area contributed by atoms with Crippen molar-refractivity contribution in [3.63, 3.8) is 0 Å². The van der Waals surface area contributed by atoms with Gasteiger partial charge in [-0.1, -0.05) is 6.07 Å². The Labute approximate surface area is 107 Å². The van der Waals surface area contributed by atoms with Crippen LogP contribution in [0.4, 0.5) is 0 Å². The second-order valence-electron chi connectivity index (χ2n) is 4.84. The Balaban J connectivity index is 1.98. The maximum Gasteiger partial charge on any atom is 0.119 e. The third kappa shape index (κ3) is 2.18. The van der Waals surface area contributed by atoms with Gasteiger partial charge in [0, 0.05) is 29.7 Å². The van der Waals surface area contributed by atoms with E-state index in [1.165, 1.54) is 29.3 Å². The van der Waals surface area contributed by atoms with Gasteiger partial charge in [0.1, 0.15) is 5.75 Å². The van der Waals surface area contributed by atoms with Gasteiger partial charge in [-0.05, 0) is 43.0 Å². The van der Waals surface area contributed by atoms with Crippen molar-refractivity contribution in [2.45, 2.75) is 25.3 Å². The molecule has 1 aliphatic heterocycles. The number of aromatic nitrogens is 1. The number of hydrogen-bond donors (Lipinski definition) is 1. The predicted molar refractivity (Wildman–Crippen MR) is 73.0 cm³/mol. The Morgan fingerprint density at radius 2 is 2.33 bits per heavy atom. The predicted octanol–water partition coefficient (Wildman–Crippen LogP) is 2.54. The summed E-state index contributed by atoms with van der Waals surface area (Å²) in [4.78, 5) is 4.55. The molecule has 3 nitrogen and oxygen atoms in total. The van der Waals surface area contributed by atoms with Gasteiger partial charge in [-0.25, -0.2) is 0 Å². The van der Waals surface area contributed by atoms with Gasteiger partial charge in [0.05, 0.1) is 7.11 Å². The van der Waals surface area contributed by atoms with E-state index in [0.29, 0.717) is 6.04 Å². The van der Waals surface area contributed by atoms with Crippen LogP contribution in [0.1, 0.15) is 18.5 Å². The van der Waals surface area contributed by atoms with Gasteiger partial charge >= 0.3 is 0 Å². The number of nitrogens with zero attached hydrogens (tertiary/aromatic N) is 1. The van der Waals surface area contributed by atoms with Gasteiger partial charge in [0.2, 0.25) is 0 Å². The number of methoxy groups -OCH3 is 1. The summed E-state index contributed by atoms with van der Waals surface area (Å²) >= 11 is 0. The Kier molecular flexibility index (Phi) is 3.15. The molecule has 2 aromatic rings. The van der Waals surface area contributed by atoms with Gasteiger partial charge in [-0.2, -0.15) is 0 Å². The average molecular weight is 242 g/mol. The molecule has 0 amide bonds. The summed E-state index contributed by atoms with van der Waals surface area (Å²) in [6.07, 6.45) is 5.43. The van der Waals surface area contributed by atoms with Crippen molar-refractivity contribution >= 4 is 10.8 Å². The SMILES string of the molecule is COc1ccc2ccnc(CC3CCCN3)c2c1. The first-order valence-corrected chi connectivity index (χ1v) is 6.52. The zero-order valence-electron chi connectivity index (χ0n) is 10.6. The largest absolute Gasteiger partial charge is 0.497 e. The normalized spacial score (nSPS) is 19.3. The van der Waals surface area contributed by atoms with Crippen LogP contribution < -0.4 is 10.1 Å². The van der Waals surface area contributed by atoms with Crippen LogP contribution in [0.2, 0.25) is 0 Å². The molecule has 3 heteroatoms. The Hall–Kier alpha value is -1.61. The molecular formula is C15H18N2O. The Morgan fingerprint density at radius 1 is 1.39 bits per heavy atom. The molecule has 1 aromatic heterocycles. The molecule has 18 heavy (non-hydrogen) atoms.